The number of benzene rings is 2. The van der Waals surface area contributed by atoms with Gasteiger partial charge in [-0.05, 0) is 54.6 Å². The SMILES string of the molecule is O=C(O)c1ccc(Nc2ccc(C(F)(F)F)cc2)c(-c2cccnn2)c1. The van der Waals surface area contributed by atoms with E-state index >= 15 is 0 Å². The number of nitrogens with one attached hydrogen (secondary N) is 1. The van der Waals surface area contributed by atoms with Crippen molar-refractivity contribution in [2.24, 2.45) is 0 Å². The van der Waals surface area contributed by atoms with Gasteiger partial charge in [-0.3, -0.25) is 0 Å². The number of halogens is 3. The molecule has 0 aliphatic heterocycles. The molecule has 0 saturated carbocycles. The fourth-order valence-electron chi connectivity index (χ4n) is 2.34. The average molecular weight is 359 g/mol. The standard InChI is InChI=1S/C18H12F3N3O2/c19-18(20,21)12-4-6-13(7-5-12)23-15-8-3-11(17(25)26)10-14(15)16-2-1-9-22-24-16/h1-10,23H,(H,25,26). The van der Waals surface area contributed by atoms with Crippen molar-refractivity contribution in [1.82, 2.24) is 10.2 Å². The van der Waals surface area contributed by atoms with Crippen LogP contribution in [0.25, 0.3) is 11.3 Å². The lowest BCUT2D eigenvalue weighted by Crippen LogP contribution is -2.04. The lowest BCUT2D eigenvalue weighted by molar-refractivity contribution is -0.137. The summed E-state index contributed by atoms with van der Waals surface area (Å²) in [4.78, 5) is 11.2. The van der Waals surface area contributed by atoms with Gasteiger partial charge in [-0.25, -0.2) is 4.79 Å². The minimum absolute atomic E-state index is 0.0589. The average Bonchev–Trinajstić information content (AvgIpc) is 2.62. The van der Waals surface area contributed by atoms with E-state index in [0.29, 0.717) is 22.6 Å². The molecule has 5 nitrogen and oxygen atoms in total. The van der Waals surface area contributed by atoms with Crippen molar-refractivity contribution in [3.63, 3.8) is 0 Å². The first-order valence-electron chi connectivity index (χ1n) is 7.44. The summed E-state index contributed by atoms with van der Waals surface area (Å²) >= 11 is 0. The summed E-state index contributed by atoms with van der Waals surface area (Å²) in [5.41, 5.74) is 1.13. The molecule has 8 heteroatoms. The molecule has 0 radical (unpaired) electrons. The maximum atomic E-state index is 12.7. The Hall–Kier alpha value is -3.42. The molecular weight excluding hydrogens is 347 g/mol. The van der Waals surface area contributed by atoms with Gasteiger partial charge in [0, 0.05) is 23.1 Å². The van der Waals surface area contributed by atoms with E-state index in [0.717, 1.165) is 12.1 Å². The molecule has 3 rings (SSSR count). The number of alkyl halides is 3. The molecule has 0 unspecified atom stereocenters. The Bertz CT molecular complexity index is 927. The first-order chi connectivity index (χ1) is 12.3. The number of carbonyl (C=O) groups is 1. The second-order valence-corrected chi connectivity index (χ2v) is 5.37. The topological polar surface area (TPSA) is 75.1 Å². The monoisotopic (exact) mass is 359 g/mol. The molecule has 2 aromatic carbocycles. The van der Waals surface area contributed by atoms with Gasteiger partial charge in [0.1, 0.15) is 0 Å². The first kappa shape index (κ1) is 17.4. The van der Waals surface area contributed by atoms with E-state index in [1.807, 2.05) is 0 Å². The Morgan fingerprint density at radius 2 is 1.77 bits per heavy atom. The summed E-state index contributed by atoms with van der Waals surface area (Å²) in [5, 5.41) is 19.9. The molecule has 0 fully saturated rings. The summed E-state index contributed by atoms with van der Waals surface area (Å²) in [6, 6.07) is 12.2. The van der Waals surface area contributed by atoms with E-state index in [-0.39, 0.29) is 5.56 Å². The molecule has 26 heavy (non-hydrogen) atoms. The smallest absolute Gasteiger partial charge is 0.416 e. The summed E-state index contributed by atoms with van der Waals surface area (Å²) in [7, 11) is 0. The van der Waals surface area contributed by atoms with Gasteiger partial charge in [0.15, 0.2) is 0 Å². The number of hydrogen-bond acceptors (Lipinski definition) is 4. The third kappa shape index (κ3) is 3.80. The maximum Gasteiger partial charge on any atom is 0.416 e. The number of aromatic carboxylic acids is 1. The quantitative estimate of drug-likeness (QED) is 0.712. The zero-order valence-corrected chi connectivity index (χ0v) is 13.2. The zero-order valence-electron chi connectivity index (χ0n) is 13.2. The van der Waals surface area contributed by atoms with Crippen LogP contribution in [0.3, 0.4) is 0 Å². The summed E-state index contributed by atoms with van der Waals surface area (Å²) in [6.45, 7) is 0. The number of hydrogen-bond donors (Lipinski definition) is 2. The molecule has 1 aromatic heterocycles. The Morgan fingerprint density at radius 1 is 1.04 bits per heavy atom. The maximum absolute atomic E-state index is 12.7. The number of rotatable bonds is 4. The fourth-order valence-corrected chi connectivity index (χ4v) is 2.34. The largest absolute Gasteiger partial charge is 0.478 e. The van der Waals surface area contributed by atoms with Crippen LogP contribution >= 0.6 is 0 Å². The molecular formula is C18H12F3N3O2. The van der Waals surface area contributed by atoms with Gasteiger partial charge in [-0.2, -0.15) is 23.4 Å². The third-order valence-electron chi connectivity index (χ3n) is 3.61. The van der Waals surface area contributed by atoms with E-state index in [4.69, 9.17) is 0 Å². The van der Waals surface area contributed by atoms with Crippen LogP contribution in [0.2, 0.25) is 0 Å². The van der Waals surface area contributed by atoms with Crippen molar-refractivity contribution in [1.29, 1.82) is 0 Å². The Morgan fingerprint density at radius 3 is 2.35 bits per heavy atom. The van der Waals surface area contributed by atoms with E-state index < -0.39 is 17.7 Å². The number of anilines is 2. The minimum Gasteiger partial charge on any atom is -0.478 e. The number of aromatic nitrogens is 2. The van der Waals surface area contributed by atoms with Gasteiger partial charge in [0.25, 0.3) is 0 Å². The molecule has 3 aromatic rings. The van der Waals surface area contributed by atoms with Crippen molar-refractivity contribution < 1.29 is 23.1 Å². The lowest BCUT2D eigenvalue weighted by Gasteiger charge is -2.13. The van der Waals surface area contributed by atoms with Gasteiger partial charge in [-0.15, -0.1) is 0 Å². The van der Waals surface area contributed by atoms with E-state index in [1.54, 1.807) is 12.1 Å². The van der Waals surface area contributed by atoms with Crippen molar-refractivity contribution in [2.45, 2.75) is 6.18 Å². The van der Waals surface area contributed by atoms with Gasteiger partial charge >= 0.3 is 12.1 Å². The van der Waals surface area contributed by atoms with Crippen molar-refractivity contribution in [3.05, 3.63) is 71.9 Å². The minimum atomic E-state index is -4.41. The lowest BCUT2D eigenvalue weighted by atomic mass is 10.0. The zero-order chi connectivity index (χ0) is 18.7. The highest BCUT2D eigenvalue weighted by molar-refractivity contribution is 5.92. The molecule has 0 atom stereocenters. The third-order valence-corrected chi connectivity index (χ3v) is 3.61. The Labute approximate surface area is 146 Å². The van der Waals surface area contributed by atoms with Crippen LogP contribution in [-0.4, -0.2) is 21.3 Å². The Balaban J connectivity index is 1.98. The highest BCUT2D eigenvalue weighted by atomic mass is 19.4. The van der Waals surface area contributed by atoms with E-state index in [2.05, 4.69) is 15.5 Å². The number of carboxylic acids is 1. The van der Waals surface area contributed by atoms with Gasteiger partial charge in [-0.1, -0.05) is 0 Å². The molecule has 0 aliphatic rings. The molecule has 1 heterocycles. The summed E-state index contributed by atoms with van der Waals surface area (Å²) in [6.07, 6.45) is -2.93. The molecule has 132 valence electrons. The summed E-state index contributed by atoms with van der Waals surface area (Å²) in [5.74, 6) is -1.10. The second-order valence-electron chi connectivity index (χ2n) is 5.37. The molecule has 0 aliphatic carbocycles. The predicted molar refractivity (Wildman–Crippen MR) is 89.2 cm³/mol. The van der Waals surface area contributed by atoms with Crippen LogP contribution < -0.4 is 5.32 Å². The van der Waals surface area contributed by atoms with E-state index in [1.165, 1.54) is 36.5 Å². The van der Waals surface area contributed by atoms with E-state index in [9.17, 15) is 23.1 Å². The van der Waals surface area contributed by atoms with Gasteiger partial charge in [0.2, 0.25) is 0 Å². The molecule has 0 spiro atoms. The number of carboxylic acid groups (broad SMARTS) is 1. The van der Waals surface area contributed by atoms with Crippen LogP contribution in [0, 0.1) is 0 Å². The fraction of sp³-hybridized carbons (Fsp3) is 0.0556. The second kappa shape index (κ2) is 6.83. The molecule has 0 amide bonds. The molecule has 0 bridgehead atoms. The van der Waals surface area contributed by atoms with Crippen LogP contribution in [0.4, 0.5) is 24.5 Å². The first-order valence-corrected chi connectivity index (χ1v) is 7.44. The van der Waals surface area contributed by atoms with Gasteiger partial charge in [0.05, 0.1) is 16.8 Å². The Kier molecular flexibility index (Phi) is 4.57. The summed E-state index contributed by atoms with van der Waals surface area (Å²) < 4.78 is 38.0. The van der Waals surface area contributed by atoms with Crippen molar-refractivity contribution >= 4 is 17.3 Å². The predicted octanol–water partition coefficient (Wildman–Crippen LogP) is 4.60. The van der Waals surface area contributed by atoms with Crippen molar-refractivity contribution in [2.75, 3.05) is 5.32 Å². The van der Waals surface area contributed by atoms with Crippen molar-refractivity contribution in [3.8, 4) is 11.3 Å². The van der Waals surface area contributed by atoms with Crippen LogP contribution in [0.15, 0.2) is 60.8 Å². The van der Waals surface area contributed by atoms with Crippen LogP contribution in [0.5, 0.6) is 0 Å². The highest BCUT2D eigenvalue weighted by Crippen LogP contribution is 2.33. The highest BCUT2D eigenvalue weighted by Gasteiger charge is 2.29. The number of nitrogens with zero attached hydrogens (tertiary/aromatic N) is 2. The van der Waals surface area contributed by atoms with Gasteiger partial charge < -0.3 is 10.4 Å². The van der Waals surface area contributed by atoms with Crippen LogP contribution in [0.1, 0.15) is 15.9 Å². The molecule has 0 saturated heterocycles. The normalized spacial score (nSPS) is 11.2. The molecule has 2 N–H and O–H groups in total. The van der Waals surface area contributed by atoms with Crippen LogP contribution in [-0.2, 0) is 6.18 Å².